The number of ether oxygens (including phenoxy) is 2. The second kappa shape index (κ2) is 11.2. The van der Waals surface area contributed by atoms with Gasteiger partial charge in [0.05, 0.1) is 7.11 Å². The summed E-state index contributed by atoms with van der Waals surface area (Å²) in [6.45, 7) is 12.2. The SMILES string of the molecule is COC(=O)C(CCN(C)C(=O)OC(C)(C)C)O[Si](c1ccccc1)(c1ccccc1)C(C)(C)C. The zero-order chi connectivity index (χ0) is 25.6. The van der Waals surface area contributed by atoms with E-state index < -0.39 is 32.1 Å². The van der Waals surface area contributed by atoms with Gasteiger partial charge in [0.2, 0.25) is 0 Å². The Morgan fingerprint density at radius 1 is 0.882 bits per heavy atom. The lowest BCUT2D eigenvalue weighted by molar-refractivity contribution is -0.149. The lowest BCUT2D eigenvalue weighted by Gasteiger charge is -2.44. The average molecular weight is 486 g/mol. The summed E-state index contributed by atoms with van der Waals surface area (Å²) in [4.78, 5) is 26.9. The third-order valence-corrected chi connectivity index (χ3v) is 10.7. The van der Waals surface area contributed by atoms with E-state index in [1.165, 1.54) is 12.0 Å². The van der Waals surface area contributed by atoms with Crippen LogP contribution in [0.3, 0.4) is 0 Å². The Hall–Kier alpha value is -2.64. The standard InChI is InChI=1S/C27H39NO5Si/c1-26(2,3)32-25(30)28(7)20-19-23(24(29)31-8)33-34(27(4,5)6,21-15-11-9-12-16-21)22-17-13-10-14-18-22/h9-18,23H,19-20H2,1-8H3. The second-order valence-electron chi connectivity index (χ2n) is 10.5. The summed E-state index contributed by atoms with van der Waals surface area (Å²) in [5.74, 6) is -0.453. The van der Waals surface area contributed by atoms with E-state index in [1.807, 2.05) is 57.2 Å². The summed E-state index contributed by atoms with van der Waals surface area (Å²) in [6.07, 6.45) is -1.00. The van der Waals surface area contributed by atoms with E-state index in [0.29, 0.717) is 0 Å². The predicted molar refractivity (Wildman–Crippen MR) is 138 cm³/mol. The molecule has 2 rings (SSSR count). The maximum atomic E-state index is 12.9. The van der Waals surface area contributed by atoms with Gasteiger partial charge < -0.3 is 18.8 Å². The lowest BCUT2D eigenvalue weighted by Crippen LogP contribution is -2.68. The molecule has 1 unspecified atom stereocenters. The van der Waals surface area contributed by atoms with Gasteiger partial charge in [-0.3, -0.25) is 0 Å². The van der Waals surface area contributed by atoms with Crippen molar-refractivity contribution >= 4 is 30.8 Å². The first-order valence-corrected chi connectivity index (χ1v) is 13.5. The zero-order valence-corrected chi connectivity index (χ0v) is 22.8. The molecule has 34 heavy (non-hydrogen) atoms. The second-order valence-corrected chi connectivity index (χ2v) is 14.7. The van der Waals surface area contributed by atoms with Crippen LogP contribution in [0.1, 0.15) is 48.0 Å². The maximum absolute atomic E-state index is 12.9. The molecule has 0 bridgehead atoms. The van der Waals surface area contributed by atoms with Crippen LogP contribution in [0, 0.1) is 0 Å². The normalized spacial score (nSPS) is 13.2. The molecule has 2 aromatic carbocycles. The summed E-state index contributed by atoms with van der Waals surface area (Å²) in [7, 11) is 0.0563. The first-order valence-electron chi connectivity index (χ1n) is 11.6. The molecule has 0 saturated carbocycles. The number of rotatable bonds is 8. The van der Waals surface area contributed by atoms with Crippen LogP contribution in [0.2, 0.25) is 5.04 Å². The number of benzene rings is 2. The molecular formula is C27H39NO5Si. The van der Waals surface area contributed by atoms with Crippen LogP contribution < -0.4 is 10.4 Å². The highest BCUT2D eigenvalue weighted by Crippen LogP contribution is 2.38. The highest BCUT2D eigenvalue weighted by atomic mass is 28.4. The number of methoxy groups -OCH3 is 1. The molecule has 0 radical (unpaired) electrons. The van der Waals surface area contributed by atoms with Gasteiger partial charge in [-0.25, -0.2) is 9.59 Å². The zero-order valence-electron chi connectivity index (χ0n) is 21.8. The largest absolute Gasteiger partial charge is 0.467 e. The van der Waals surface area contributed by atoms with E-state index in [0.717, 1.165) is 10.4 Å². The molecule has 0 fully saturated rings. The molecule has 0 spiro atoms. The van der Waals surface area contributed by atoms with Crippen LogP contribution in [0.5, 0.6) is 0 Å². The number of amides is 1. The van der Waals surface area contributed by atoms with Crippen molar-refractivity contribution in [1.29, 1.82) is 0 Å². The van der Waals surface area contributed by atoms with Gasteiger partial charge in [0, 0.05) is 20.0 Å². The number of carbonyl (C=O) groups excluding carboxylic acids is 2. The van der Waals surface area contributed by atoms with Crippen LogP contribution in [0.4, 0.5) is 4.79 Å². The number of hydrogen-bond donors (Lipinski definition) is 0. The molecule has 0 aromatic heterocycles. The van der Waals surface area contributed by atoms with Crippen molar-refractivity contribution < 1.29 is 23.5 Å². The van der Waals surface area contributed by atoms with Crippen LogP contribution in [-0.4, -0.2) is 57.7 Å². The number of carbonyl (C=O) groups is 2. The monoisotopic (exact) mass is 485 g/mol. The highest BCUT2D eigenvalue weighted by molar-refractivity contribution is 6.99. The Kier molecular flexibility index (Phi) is 9.08. The van der Waals surface area contributed by atoms with Gasteiger partial charge in [-0.05, 0) is 36.2 Å². The lowest BCUT2D eigenvalue weighted by atomic mass is 10.2. The predicted octanol–water partition coefficient (Wildman–Crippen LogP) is 4.36. The van der Waals surface area contributed by atoms with Crippen molar-refractivity contribution in [3.8, 4) is 0 Å². The third-order valence-electron chi connectivity index (χ3n) is 5.63. The van der Waals surface area contributed by atoms with Crippen molar-refractivity contribution in [2.75, 3.05) is 20.7 Å². The topological polar surface area (TPSA) is 65.1 Å². The van der Waals surface area contributed by atoms with Crippen molar-refractivity contribution in [2.45, 2.75) is 64.7 Å². The van der Waals surface area contributed by atoms with Gasteiger partial charge in [-0.2, -0.15) is 0 Å². The van der Waals surface area contributed by atoms with Gasteiger partial charge in [-0.15, -0.1) is 0 Å². The Balaban J connectivity index is 2.47. The Morgan fingerprint density at radius 2 is 1.35 bits per heavy atom. The van der Waals surface area contributed by atoms with Crippen LogP contribution in [0.15, 0.2) is 60.7 Å². The Bertz CT molecular complexity index is 895. The quantitative estimate of drug-likeness (QED) is 0.411. The highest BCUT2D eigenvalue weighted by Gasteiger charge is 2.52. The van der Waals surface area contributed by atoms with Gasteiger partial charge in [-0.1, -0.05) is 81.4 Å². The summed E-state index contributed by atoms with van der Waals surface area (Å²) >= 11 is 0. The van der Waals surface area contributed by atoms with E-state index in [-0.39, 0.29) is 18.0 Å². The third kappa shape index (κ3) is 6.70. The molecule has 0 aliphatic heterocycles. The summed E-state index contributed by atoms with van der Waals surface area (Å²) in [6, 6.07) is 20.2. The molecule has 186 valence electrons. The van der Waals surface area contributed by atoms with Crippen molar-refractivity contribution in [3.63, 3.8) is 0 Å². The summed E-state index contributed by atoms with van der Waals surface area (Å²) in [5, 5.41) is 1.85. The molecule has 0 N–H and O–H groups in total. The average Bonchev–Trinajstić information content (AvgIpc) is 2.77. The van der Waals surface area contributed by atoms with Crippen molar-refractivity contribution in [2.24, 2.45) is 0 Å². The van der Waals surface area contributed by atoms with Gasteiger partial charge in [0.15, 0.2) is 0 Å². The molecule has 0 heterocycles. The molecule has 6 nitrogen and oxygen atoms in total. The molecule has 0 aliphatic carbocycles. The summed E-state index contributed by atoms with van der Waals surface area (Å²) < 4.78 is 17.5. The van der Waals surface area contributed by atoms with E-state index in [1.54, 1.807) is 7.05 Å². The minimum Gasteiger partial charge on any atom is -0.467 e. The Labute approximate surface area is 205 Å². The summed E-state index contributed by atoms with van der Waals surface area (Å²) in [5.41, 5.74) is -0.599. The number of hydrogen-bond acceptors (Lipinski definition) is 5. The number of nitrogens with zero attached hydrogens (tertiary/aromatic N) is 1. The van der Waals surface area contributed by atoms with Crippen LogP contribution in [-0.2, 0) is 18.7 Å². The number of esters is 1. The fourth-order valence-electron chi connectivity index (χ4n) is 4.00. The molecule has 0 aliphatic rings. The maximum Gasteiger partial charge on any atom is 0.410 e. The van der Waals surface area contributed by atoms with Crippen molar-refractivity contribution in [3.05, 3.63) is 60.7 Å². The minimum atomic E-state index is -2.96. The van der Waals surface area contributed by atoms with E-state index in [2.05, 4.69) is 45.0 Å². The van der Waals surface area contributed by atoms with Gasteiger partial charge >= 0.3 is 12.1 Å². The first-order chi connectivity index (χ1) is 15.8. The molecule has 2 aromatic rings. The fraction of sp³-hybridized carbons (Fsp3) is 0.481. The van der Waals surface area contributed by atoms with E-state index in [4.69, 9.17) is 13.9 Å². The first kappa shape index (κ1) is 27.6. The molecular weight excluding hydrogens is 446 g/mol. The smallest absolute Gasteiger partial charge is 0.410 e. The van der Waals surface area contributed by atoms with Crippen LogP contribution in [0.25, 0.3) is 0 Å². The van der Waals surface area contributed by atoms with Crippen molar-refractivity contribution in [1.82, 2.24) is 4.90 Å². The molecule has 1 amide bonds. The van der Waals surface area contributed by atoms with Gasteiger partial charge in [0.1, 0.15) is 11.7 Å². The molecule has 1 atom stereocenters. The van der Waals surface area contributed by atoms with Crippen LogP contribution >= 0.6 is 0 Å². The fourth-order valence-corrected chi connectivity index (χ4v) is 8.66. The minimum absolute atomic E-state index is 0.285. The Morgan fingerprint density at radius 3 is 1.74 bits per heavy atom. The molecule has 7 heteroatoms. The van der Waals surface area contributed by atoms with E-state index in [9.17, 15) is 9.59 Å². The molecule has 0 saturated heterocycles. The van der Waals surface area contributed by atoms with Gasteiger partial charge in [0.25, 0.3) is 8.32 Å². The van der Waals surface area contributed by atoms with E-state index >= 15 is 0 Å².